The largest absolute Gasteiger partial charge is 0.459 e. The number of piperazine rings is 1. The van der Waals surface area contributed by atoms with Gasteiger partial charge in [0, 0.05) is 45.1 Å². The number of hydrogen-bond acceptors (Lipinski definition) is 5. The molecule has 0 atom stereocenters. The van der Waals surface area contributed by atoms with Crippen molar-refractivity contribution in [2.24, 2.45) is 0 Å². The van der Waals surface area contributed by atoms with Gasteiger partial charge in [-0.05, 0) is 36.4 Å². The standard InChI is InChI=1S/C22H22N4O3/c1-24(18-6-3-2-4-7-18)20-10-9-17(16-23-20)21(27)25-11-13-26(14-12-25)22(28)19-8-5-15-29-19/h2-10,15-16H,11-14H2,1H3. The Morgan fingerprint density at radius 1 is 0.897 bits per heavy atom. The molecule has 1 fully saturated rings. The second-order valence-corrected chi connectivity index (χ2v) is 6.86. The van der Waals surface area contributed by atoms with E-state index in [9.17, 15) is 9.59 Å². The van der Waals surface area contributed by atoms with Gasteiger partial charge >= 0.3 is 0 Å². The van der Waals surface area contributed by atoms with Crippen molar-refractivity contribution in [3.63, 3.8) is 0 Å². The van der Waals surface area contributed by atoms with Crippen molar-refractivity contribution in [1.29, 1.82) is 0 Å². The van der Waals surface area contributed by atoms with E-state index in [-0.39, 0.29) is 11.8 Å². The number of carbonyl (C=O) groups is 2. The molecule has 1 saturated heterocycles. The third-order valence-corrected chi connectivity index (χ3v) is 5.07. The van der Waals surface area contributed by atoms with Crippen LogP contribution in [0.3, 0.4) is 0 Å². The molecule has 2 aromatic heterocycles. The zero-order valence-corrected chi connectivity index (χ0v) is 16.2. The van der Waals surface area contributed by atoms with Gasteiger partial charge in [0.05, 0.1) is 11.8 Å². The van der Waals surface area contributed by atoms with Crippen molar-refractivity contribution in [3.05, 3.63) is 78.4 Å². The molecule has 1 aromatic carbocycles. The molecule has 2 amide bonds. The third-order valence-electron chi connectivity index (χ3n) is 5.07. The van der Waals surface area contributed by atoms with Crippen molar-refractivity contribution < 1.29 is 14.0 Å². The zero-order valence-electron chi connectivity index (χ0n) is 16.2. The number of aromatic nitrogens is 1. The molecule has 0 bridgehead atoms. The zero-order chi connectivity index (χ0) is 20.2. The molecule has 7 nitrogen and oxygen atoms in total. The summed E-state index contributed by atoms with van der Waals surface area (Å²) in [4.78, 5) is 35.0. The highest BCUT2D eigenvalue weighted by Crippen LogP contribution is 2.21. The van der Waals surface area contributed by atoms with Gasteiger partial charge in [-0.25, -0.2) is 4.98 Å². The third kappa shape index (κ3) is 3.99. The first-order valence-corrected chi connectivity index (χ1v) is 9.50. The molecule has 7 heteroatoms. The molecule has 0 spiro atoms. The fourth-order valence-electron chi connectivity index (χ4n) is 3.35. The monoisotopic (exact) mass is 390 g/mol. The van der Waals surface area contributed by atoms with Crippen molar-refractivity contribution in [2.75, 3.05) is 38.1 Å². The first-order valence-electron chi connectivity index (χ1n) is 9.50. The predicted octanol–water partition coefficient (Wildman–Crippen LogP) is 3.04. The van der Waals surface area contributed by atoms with Gasteiger partial charge in [-0.3, -0.25) is 9.59 Å². The highest BCUT2D eigenvalue weighted by molar-refractivity contribution is 5.95. The molecule has 0 aliphatic carbocycles. The van der Waals surface area contributed by atoms with Gasteiger partial charge in [0.15, 0.2) is 5.76 Å². The van der Waals surface area contributed by atoms with E-state index < -0.39 is 0 Å². The van der Waals surface area contributed by atoms with E-state index in [2.05, 4.69) is 4.98 Å². The minimum Gasteiger partial charge on any atom is -0.459 e. The van der Waals surface area contributed by atoms with Crippen LogP contribution in [0.2, 0.25) is 0 Å². The van der Waals surface area contributed by atoms with Crippen LogP contribution in [-0.2, 0) is 0 Å². The number of benzene rings is 1. The number of hydrogen-bond donors (Lipinski definition) is 0. The van der Waals surface area contributed by atoms with E-state index >= 15 is 0 Å². The second kappa shape index (κ2) is 8.18. The SMILES string of the molecule is CN(c1ccccc1)c1ccc(C(=O)N2CCN(C(=O)c3ccco3)CC2)cn1. The van der Waals surface area contributed by atoms with Crippen molar-refractivity contribution in [3.8, 4) is 0 Å². The van der Waals surface area contributed by atoms with E-state index in [1.54, 1.807) is 34.2 Å². The molecular weight excluding hydrogens is 368 g/mol. The summed E-state index contributed by atoms with van der Waals surface area (Å²) in [6.45, 7) is 1.93. The molecule has 0 N–H and O–H groups in total. The molecule has 29 heavy (non-hydrogen) atoms. The number of anilines is 2. The summed E-state index contributed by atoms with van der Waals surface area (Å²) in [6, 6.07) is 16.9. The average molecular weight is 390 g/mol. The quantitative estimate of drug-likeness (QED) is 0.685. The van der Waals surface area contributed by atoms with Crippen LogP contribution in [0, 0.1) is 0 Å². The number of pyridine rings is 1. The Bertz CT molecular complexity index is 963. The van der Waals surface area contributed by atoms with Crippen molar-refractivity contribution >= 4 is 23.3 Å². The van der Waals surface area contributed by atoms with Crippen LogP contribution < -0.4 is 4.90 Å². The van der Waals surface area contributed by atoms with Gasteiger partial charge in [0.25, 0.3) is 11.8 Å². The van der Waals surface area contributed by atoms with E-state index in [4.69, 9.17) is 4.42 Å². The highest BCUT2D eigenvalue weighted by Gasteiger charge is 2.26. The summed E-state index contributed by atoms with van der Waals surface area (Å²) in [5, 5.41) is 0. The van der Waals surface area contributed by atoms with Gasteiger partial charge in [-0.15, -0.1) is 0 Å². The number of para-hydroxylation sites is 1. The minimum absolute atomic E-state index is 0.0727. The molecule has 148 valence electrons. The molecule has 1 aliphatic heterocycles. The van der Waals surface area contributed by atoms with Crippen molar-refractivity contribution in [2.45, 2.75) is 0 Å². The maximum Gasteiger partial charge on any atom is 0.289 e. The van der Waals surface area contributed by atoms with E-state index in [1.165, 1.54) is 6.26 Å². The van der Waals surface area contributed by atoms with Crippen LogP contribution in [0.4, 0.5) is 11.5 Å². The first kappa shape index (κ1) is 18.7. The average Bonchev–Trinajstić information content (AvgIpc) is 3.33. The predicted molar refractivity (Wildman–Crippen MR) is 109 cm³/mol. The van der Waals surface area contributed by atoms with Crippen molar-refractivity contribution in [1.82, 2.24) is 14.8 Å². The van der Waals surface area contributed by atoms with E-state index in [0.29, 0.717) is 37.5 Å². The van der Waals surface area contributed by atoms with Gasteiger partial charge in [-0.1, -0.05) is 18.2 Å². The lowest BCUT2D eigenvalue weighted by atomic mass is 10.2. The summed E-state index contributed by atoms with van der Waals surface area (Å²) < 4.78 is 5.17. The lowest BCUT2D eigenvalue weighted by Crippen LogP contribution is -2.50. The fraction of sp³-hybridized carbons (Fsp3) is 0.227. The molecular formula is C22H22N4O3. The molecule has 3 aromatic rings. The number of carbonyl (C=O) groups excluding carboxylic acids is 2. The summed E-state index contributed by atoms with van der Waals surface area (Å²) in [5.41, 5.74) is 1.57. The number of nitrogens with zero attached hydrogens (tertiary/aromatic N) is 4. The Morgan fingerprint density at radius 3 is 2.17 bits per heavy atom. The summed E-state index contributed by atoms with van der Waals surface area (Å²) in [7, 11) is 1.94. The van der Waals surface area contributed by atoms with Gasteiger partial charge in [0.1, 0.15) is 5.82 Å². The Balaban J connectivity index is 1.37. The number of furan rings is 1. The van der Waals surface area contributed by atoms with E-state index in [1.807, 2.05) is 48.3 Å². The normalized spacial score (nSPS) is 14.0. The summed E-state index contributed by atoms with van der Waals surface area (Å²) in [6.07, 6.45) is 3.09. The van der Waals surface area contributed by atoms with Crippen LogP contribution in [0.5, 0.6) is 0 Å². The minimum atomic E-state index is -0.142. The van der Waals surface area contributed by atoms with Gasteiger partial charge in [0.2, 0.25) is 0 Å². The Morgan fingerprint density at radius 2 is 1.59 bits per heavy atom. The first-order chi connectivity index (χ1) is 14.1. The smallest absolute Gasteiger partial charge is 0.289 e. The number of rotatable bonds is 4. The molecule has 0 radical (unpaired) electrons. The molecule has 1 aliphatic rings. The molecule has 4 rings (SSSR count). The highest BCUT2D eigenvalue weighted by atomic mass is 16.3. The second-order valence-electron chi connectivity index (χ2n) is 6.86. The molecule has 0 saturated carbocycles. The number of amides is 2. The topological polar surface area (TPSA) is 69.9 Å². The Labute approximate surface area is 169 Å². The summed E-state index contributed by atoms with van der Waals surface area (Å²) in [5.74, 6) is 0.877. The van der Waals surface area contributed by atoms with Gasteiger partial charge < -0.3 is 19.1 Å². The van der Waals surface area contributed by atoms with Gasteiger partial charge in [-0.2, -0.15) is 0 Å². The Hall–Kier alpha value is -3.61. The van der Waals surface area contributed by atoms with E-state index in [0.717, 1.165) is 11.5 Å². The Kier molecular flexibility index (Phi) is 5.29. The van der Waals surface area contributed by atoms with Crippen LogP contribution >= 0.6 is 0 Å². The maximum absolute atomic E-state index is 12.8. The molecule has 3 heterocycles. The molecule has 0 unspecified atom stereocenters. The van der Waals surface area contributed by atoms with Crippen LogP contribution in [0.15, 0.2) is 71.5 Å². The fourth-order valence-corrected chi connectivity index (χ4v) is 3.35. The maximum atomic E-state index is 12.8. The summed E-state index contributed by atoms with van der Waals surface area (Å²) >= 11 is 0. The lowest BCUT2D eigenvalue weighted by molar-refractivity contribution is 0.0518. The van der Waals surface area contributed by atoms with Crippen LogP contribution in [-0.4, -0.2) is 59.8 Å². The lowest BCUT2D eigenvalue weighted by Gasteiger charge is -2.34. The van der Waals surface area contributed by atoms with Crippen LogP contribution in [0.1, 0.15) is 20.9 Å². The van der Waals surface area contributed by atoms with Crippen LogP contribution in [0.25, 0.3) is 0 Å².